The predicted molar refractivity (Wildman–Crippen MR) is 92.7 cm³/mol. The molecule has 0 radical (unpaired) electrons. The van der Waals surface area contributed by atoms with E-state index in [0.29, 0.717) is 18.7 Å². The normalized spacial score (nSPS) is 10.1. The minimum absolute atomic E-state index is 0.143. The Morgan fingerprint density at radius 3 is 2.39 bits per heavy atom. The van der Waals surface area contributed by atoms with Gasteiger partial charge in [-0.15, -0.1) is 0 Å². The molecule has 0 aromatic heterocycles. The van der Waals surface area contributed by atoms with Crippen LogP contribution in [0.2, 0.25) is 0 Å². The maximum atomic E-state index is 10.1. The van der Waals surface area contributed by atoms with Crippen molar-refractivity contribution in [3.63, 3.8) is 0 Å². The molecule has 0 fully saturated rings. The van der Waals surface area contributed by atoms with Crippen LogP contribution in [0.25, 0.3) is 0 Å². The molecule has 0 atom stereocenters. The molecule has 23 heavy (non-hydrogen) atoms. The smallest absolute Gasteiger partial charge is 0.303 e. The molecule has 0 aliphatic heterocycles. The average Bonchev–Trinajstić information content (AvgIpc) is 2.51. The molecule has 0 bridgehead atoms. The first kappa shape index (κ1) is 21.2. The summed E-state index contributed by atoms with van der Waals surface area (Å²) in [6, 6.07) is 5.05. The molecule has 0 aliphatic rings. The van der Waals surface area contributed by atoms with E-state index < -0.39 is 5.97 Å². The quantitative estimate of drug-likeness (QED) is 0.598. The van der Waals surface area contributed by atoms with Gasteiger partial charge in [-0.05, 0) is 30.0 Å². The topological polar surface area (TPSA) is 92.8 Å². The Morgan fingerprint density at radius 1 is 1.22 bits per heavy atom. The second kappa shape index (κ2) is 12.8. The molecule has 5 nitrogen and oxygen atoms in total. The van der Waals surface area contributed by atoms with Gasteiger partial charge in [0, 0.05) is 13.0 Å². The van der Waals surface area contributed by atoms with E-state index >= 15 is 0 Å². The Hall–Kier alpha value is -1.75. The number of unbranched alkanes of at least 4 members (excludes halogenated alkanes) is 3. The molecule has 0 amide bonds. The molecule has 1 rings (SSSR count). The number of hydrogen-bond acceptors (Lipinski definition) is 4. The minimum Gasteiger partial charge on any atom is -0.504 e. The van der Waals surface area contributed by atoms with Gasteiger partial charge in [0.2, 0.25) is 0 Å². The highest BCUT2D eigenvalue weighted by Crippen LogP contribution is 2.25. The van der Waals surface area contributed by atoms with Crippen LogP contribution in [-0.2, 0) is 11.3 Å². The summed E-state index contributed by atoms with van der Waals surface area (Å²) < 4.78 is 4.88. The van der Waals surface area contributed by atoms with E-state index in [1.54, 1.807) is 18.2 Å². The molecule has 4 N–H and O–H groups in total. The fraction of sp³-hybridized carbons (Fsp3) is 0.611. The molecule has 0 saturated carbocycles. The summed E-state index contributed by atoms with van der Waals surface area (Å²) in [6.45, 7) is 4.89. The third-order valence-electron chi connectivity index (χ3n) is 3.40. The lowest BCUT2D eigenvalue weighted by atomic mass is 10.0. The first-order valence-electron chi connectivity index (χ1n) is 8.18. The summed E-state index contributed by atoms with van der Waals surface area (Å²) in [7, 11) is 1.51. The van der Waals surface area contributed by atoms with Crippen LogP contribution in [0.3, 0.4) is 0 Å². The summed E-state index contributed by atoms with van der Waals surface area (Å²) >= 11 is 0. The number of phenols is 1. The van der Waals surface area contributed by atoms with Crippen LogP contribution in [0.1, 0.15) is 57.9 Å². The minimum atomic E-state index is -0.668. The zero-order valence-electron chi connectivity index (χ0n) is 14.5. The summed E-state index contributed by atoms with van der Waals surface area (Å²) in [5, 5.41) is 17.5. The lowest BCUT2D eigenvalue weighted by molar-refractivity contribution is -0.137. The van der Waals surface area contributed by atoms with Crippen molar-refractivity contribution in [3.8, 4) is 11.5 Å². The number of aromatic hydroxyl groups is 1. The van der Waals surface area contributed by atoms with Crippen molar-refractivity contribution in [3.05, 3.63) is 23.8 Å². The largest absolute Gasteiger partial charge is 0.504 e. The highest BCUT2D eigenvalue weighted by molar-refractivity contribution is 5.66. The molecule has 0 aliphatic carbocycles. The van der Waals surface area contributed by atoms with E-state index in [1.807, 2.05) is 0 Å². The third-order valence-corrected chi connectivity index (χ3v) is 3.40. The highest BCUT2D eigenvalue weighted by Gasteiger charge is 2.00. The SMILES string of the molecule is CC(C)CCCCCCC(=O)O.COc1cc(CN)ccc1O. The Balaban J connectivity index is 0.000000422. The van der Waals surface area contributed by atoms with Crippen molar-refractivity contribution < 1.29 is 19.7 Å². The van der Waals surface area contributed by atoms with Crippen molar-refractivity contribution >= 4 is 5.97 Å². The van der Waals surface area contributed by atoms with Gasteiger partial charge in [-0.3, -0.25) is 4.79 Å². The number of carbonyl (C=O) groups is 1. The van der Waals surface area contributed by atoms with Crippen molar-refractivity contribution in [2.24, 2.45) is 11.7 Å². The van der Waals surface area contributed by atoms with Crippen LogP contribution in [0.4, 0.5) is 0 Å². The Bertz CT molecular complexity index is 447. The standard InChI is InChI=1S/C10H20O2.C8H11NO2/c1-9(2)7-5-3-4-6-8-10(11)12;1-11-8-4-6(5-9)2-3-7(8)10/h9H,3-8H2,1-2H3,(H,11,12);2-4,10H,5,9H2,1H3. The second-order valence-electron chi connectivity index (χ2n) is 5.95. The molecular formula is C18H31NO4. The number of rotatable bonds is 9. The van der Waals surface area contributed by atoms with E-state index in [0.717, 1.165) is 24.3 Å². The first-order chi connectivity index (χ1) is 10.9. The van der Waals surface area contributed by atoms with Gasteiger partial charge >= 0.3 is 5.97 Å². The van der Waals surface area contributed by atoms with Gasteiger partial charge in [-0.25, -0.2) is 0 Å². The van der Waals surface area contributed by atoms with E-state index in [-0.39, 0.29) is 5.75 Å². The molecular weight excluding hydrogens is 294 g/mol. The number of methoxy groups -OCH3 is 1. The van der Waals surface area contributed by atoms with Gasteiger partial charge in [-0.2, -0.15) is 0 Å². The molecule has 0 spiro atoms. The number of carboxylic acid groups (broad SMARTS) is 1. The fourth-order valence-electron chi connectivity index (χ4n) is 2.03. The number of benzene rings is 1. The van der Waals surface area contributed by atoms with Crippen LogP contribution in [-0.4, -0.2) is 23.3 Å². The Morgan fingerprint density at radius 2 is 1.87 bits per heavy atom. The third kappa shape index (κ3) is 11.5. The maximum Gasteiger partial charge on any atom is 0.303 e. The van der Waals surface area contributed by atoms with Crippen LogP contribution >= 0.6 is 0 Å². The predicted octanol–water partition coefficient (Wildman–Crippen LogP) is 3.93. The van der Waals surface area contributed by atoms with Gasteiger partial charge in [0.1, 0.15) is 0 Å². The van der Waals surface area contributed by atoms with Gasteiger partial charge in [-0.1, -0.05) is 45.6 Å². The zero-order chi connectivity index (χ0) is 17.7. The molecule has 5 heteroatoms. The van der Waals surface area contributed by atoms with Gasteiger partial charge in [0.25, 0.3) is 0 Å². The summed E-state index contributed by atoms with van der Waals surface area (Å²) in [5.74, 6) is 0.723. The number of aliphatic carboxylic acids is 1. The Labute approximate surface area is 139 Å². The molecule has 0 unspecified atom stereocenters. The van der Waals surface area contributed by atoms with E-state index in [1.165, 1.54) is 26.4 Å². The van der Waals surface area contributed by atoms with Crippen LogP contribution < -0.4 is 10.5 Å². The number of carboxylic acids is 1. The van der Waals surface area contributed by atoms with E-state index in [2.05, 4.69) is 13.8 Å². The molecule has 1 aromatic rings. The lowest BCUT2D eigenvalue weighted by Gasteiger charge is -2.03. The van der Waals surface area contributed by atoms with Crippen LogP contribution in [0, 0.1) is 5.92 Å². The van der Waals surface area contributed by atoms with Gasteiger partial charge in [0.15, 0.2) is 11.5 Å². The maximum absolute atomic E-state index is 10.1. The van der Waals surface area contributed by atoms with E-state index in [4.69, 9.17) is 20.7 Å². The number of ether oxygens (including phenoxy) is 1. The number of hydrogen-bond donors (Lipinski definition) is 3. The second-order valence-corrected chi connectivity index (χ2v) is 5.95. The summed E-state index contributed by atoms with van der Waals surface area (Å²) in [5.41, 5.74) is 6.33. The van der Waals surface area contributed by atoms with Crippen LogP contribution in [0.5, 0.6) is 11.5 Å². The van der Waals surface area contributed by atoms with Crippen molar-refractivity contribution in [1.82, 2.24) is 0 Å². The zero-order valence-corrected chi connectivity index (χ0v) is 14.5. The van der Waals surface area contributed by atoms with Crippen LogP contribution in [0.15, 0.2) is 18.2 Å². The average molecular weight is 325 g/mol. The fourth-order valence-corrected chi connectivity index (χ4v) is 2.03. The monoisotopic (exact) mass is 325 g/mol. The Kier molecular flexibility index (Phi) is 11.8. The number of nitrogens with two attached hydrogens (primary N) is 1. The summed E-state index contributed by atoms with van der Waals surface area (Å²) in [6.07, 6.45) is 5.95. The van der Waals surface area contributed by atoms with Gasteiger partial charge < -0.3 is 20.7 Å². The van der Waals surface area contributed by atoms with E-state index in [9.17, 15) is 4.79 Å². The molecule has 1 aromatic carbocycles. The van der Waals surface area contributed by atoms with Crippen molar-refractivity contribution in [1.29, 1.82) is 0 Å². The van der Waals surface area contributed by atoms with Crippen molar-refractivity contribution in [2.45, 2.75) is 58.9 Å². The highest BCUT2D eigenvalue weighted by atomic mass is 16.5. The van der Waals surface area contributed by atoms with Gasteiger partial charge in [0.05, 0.1) is 7.11 Å². The summed E-state index contributed by atoms with van der Waals surface area (Å²) in [4.78, 5) is 10.1. The number of phenolic OH excluding ortho intramolecular Hbond substituents is 1. The lowest BCUT2D eigenvalue weighted by Crippen LogP contribution is -1.96. The first-order valence-corrected chi connectivity index (χ1v) is 8.18. The molecule has 132 valence electrons. The molecule has 0 heterocycles. The molecule has 0 saturated heterocycles. The van der Waals surface area contributed by atoms with Crippen molar-refractivity contribution in [2.75, 3.05) is 7.11 Å².